The van der Waals surface area contributed by atoms with Crippen LogP contribution in [0.2, 0.25) is 0 Å². The lowest BCUT2D eigenvalue weighted by Gasteiger charge is -2.36. The number of nitrogens with zero attached hydrogens (tertiary/aromatic N) is 3. The lowest BCUT2D eigenvalue weighted by atomic mass is 9.76. The van der Waals surface area contributed by atoms with E-state index in [-0.39, 0.29) is 41.7 Å². The minimum Gasteiger partial charge on any atom is -0.508 e. The van der Waals surface area contributed by atoms with Crippen LogP contribution >= 0.6 is 0 Å². The average molecular weight is 701 g/mol. The van der Waals surface area contributed by atoms with E-state index in [1.165, 1.54) is 11.1 Å². The first-order valence-corrected chi connectivity index (χ1v) is 18.4. The summed E-state index contributed by atoms with van der Waals surface area (Å²) in [5.74, 6) is 1.27. The number of hydrogen-bond acceptors (Lipinski definition) is 8. The topological polar surface area (TPSA) is 112 Å². The Kier molecular flexibility index (Phi) is 9.56. The highest BCUT2D eigenvalue weighted by Gasteiger charge is 2.39. The molecule has 4 aliphatic heterocycles. The number of hydrogen-bond donors (Lipinski definition) is 2. The number of carbonyl (C=O) groups excluding carboxylic acids is 3. The number of carbonyl (C=O) groups is 3. The molecule has 0 radical (unpaired) electrons. The van der Waals surface area contributed by atoms with Crippen LogP contribution in [0.4, 0.5) is 5.69 Å². The first-order chi connectivity index (χ1) is 25.4. The number of rotatable bonds is 10. The number of piperazine rings is 1. The molecule has 8 rings (SSSR count). The minimum absolute atomic E-state index is 0.100. The molecule has 52 heavy (non-hydrogen) atoms. The summed E-state index contributed by atoms with van der Waals surface area (Å²) in [5, 5.41) is 12.4. The second kappa shape index (κ2) is 14.7. The maximum atomic E-state index is 13.1. The zero-order valence-corrected chi connectivity index (χ0v) is 29.2. The van der Waals surface area contributed by atoms with Crippen molar-refractivity contribution < 1.29 is 29.0 Å². The number of amides is 3. The molecule has 4 aromatic rings. The van der Waals surface area contributed by atoms with Crippen LogP contribution in [0.5, 0.6) is 17.2 Å². The Morgan fingerprint density at radius 3 is 2.44 bits per heavy atom. The van der Waals surface area contributed by atoms with E-state index in [4.69, 9.17) is 9.47 Å². The number of phenolic OH excluding ortho intramolecular Hbond substituents is 1. The van der Waals surface area contributed by atoms with Gasteiger partial charge in [0.2, 0.25) is 11.8 Å². The van der Waals surface area contributed by atoms with Gasteiger partial charge in [0.1, 0.15) is 23.3 Å². The van der Waals surface area contributed by atoms with Crippen LogP contribution in [-0.4, -0.2) is 84.6 Å². The van der Waals surface area contributed by atoms with Crippen LogP contribution < -0.4 is 19.7 Å². The molecule has 10 heteroatoms. The lowest BCUT2D eigenvalue weighted by molar-refractivity contribution is -0.136. The molecule has 2 unspecified atom stereocenters. The fourth-order valence-corrected chi connectivity index (χ4v) is 8.18. The van der Waals surface area contributed by atoms with Gasteiger partial charge in [-0.25, -0.2) is 0 Å². The zero-order chi connectivity index (χ0) is 35.6. The molecule has 3 atom stereocenters. The van der Waals surface area contributed by atoms with E-state index in [0.29, 0.717) is 31.7 Å². The van der Waals surface area contributed by atoms with Gasteiger partial charge >= 0.3 is 0 Å². The van der Waals surface area contributed by atoms with E-state index in [9.17, 15) is 19.5 Å². The molecule has 4 heterocycles. The molecule has 10 nitrogen and oxygen atoms in total. The molecule has 0 saturated carbocycles. The SMILES string of the molecule is O=C1CCC(N2Cc3cc(N4CCN(CCCCOc5ccc([C@@H]6c7ccc(O)cc7OCC6c6ccccc6)cc5)CC4)ccc3C2=O)C(=O)N1. The summed E-state index contributed by atoms with van der Waals surface area (Å²) in [4.78, 5) is 43.5. The van der Waals surface area contributed by atoms with Gasteiger partial charge in [-0.3, -0.25) is 24.6 Å². The normalized spacial score (nSPS) is 21.7. The van der Waals surface area contributed by atoms with E-state index >= 15 is 0 Å². The molecule has 0 spiro atoms. The molecule has 3 amide bonds. The van der Waals surface area contributed by atoms with Gasteiger partial charge in [-0.2, -0.15) is 0 Å². The van der Waals surface area contributed by atoms with Crippen LogP contribution in [0, 0.1) is 0 Å². The van der Waals surface area contributed by atoms with Gasteiger partial charge in [-0.15, -0.1) is 0 Å². The van der Waals surface area contributed by atoms with Crippen molar-refractivity contribution in [2.45, 2.75) is 50.1 Å². The van der Waals surface area contributed by atoms with Crippen molar-refractivity contribution in [3.63, 3.8) is 0 Å². The quantitative estimate of drug-likeness (QED) is 0.166. The van der Waals surface area contributed by atoms with Crippen molar-refractivity contribution in [2.24, 2.45) is 0 Å². The van der Waals surface area contributed by atoms with Crippen molar-refractivity contribution in [1.29, 1.82) is 0 Å². The predicted molar refractivity (Wildman–Crippen MR) is 197 cm³/mol. The predicted octanol–water partition coefficient (Wildman–Crippen LogP) is 5.44. The summed E-state index contributed by atoms with van der Waals surface area (Å²) in [7, 11) is 0. The number of aromatic hydroxyl groups is 1. The van der Waals surface area contributed by atoms with Crippen LogP contribution in [-0.2, 0) is 16.1 Å². The Morgan fingerprint density at radius 1 is 0.846 bits per heavy atom. The number of piperidine rings is 1. The van der Waals surface area contributed by atoms with Gasteiger partial charge in [-0.1, -0.05) is 48.5 Å². The van der Waals surface area contributed by atoms with Crippen molar-refractivity contribution in [2.75, 3.05) is 50.8 Å². The first-order valence-electron chi connectivity index (χ1n) is 18.4. The zero-order valence-electron chi connectivity index (χ0n) is 29.2. The third-order valence-corrected chi connectivity index (χ3v) is 11.0. The molecule has 268 valence electrons. The number of phenols is 1. The number of nitrogens with one attached hydrogen (secondary N) is 1. The Hall–Kier alpha value is -5.35. The second-order valence-corrected chi connectivity index (χ2v) is 14.2. The number of unbranched alkanes of at least 4 members (excludes halogenated alkanes) is 1. The molecule has 4 aromatic carbocycles. The number of benzene rings is 4. The molecule has 2 N–H and O–H groups in total. The Morgan fingerprint density at radius 2 is 1.65 bits per heavy atom. The molecule has 4 aliphatic rings. The monoisotopic (exact) mass is 700 g/mol. The maximum Gasteiger partial charge on any atom is 0.255 e. The molecule has 0 aromatic heterocycles. The third-order valence-electron chi connectivity index (χ3n) is 11.0. The summed E-state index contributed by atoms with van der Waals surface area (Å²) in [5.41, 5.74) is 6.19. The van der Waals surface area contributed by atoms with Crippen molar-refractivity contribution in [3.05, 3.63) is 119 Å². The molecular formula is C42H44N4O6. The molecule has 2 fully saturated rings. The van der Waals surface area contributed by atoms with Gasteiger partial charge in [-0.05, 0) is 78.9 Å². The molecule has 0 bridgehead atoms. The average Bonchev–Trinajstić information content (AvgIpc) is 3.49. The van der Waals surface area contributed by atoms with Gasteiger partial charge in [0, 0.05) is 73.9 Å². The van der Waals surface area contributed by atoms with Crippen LogP contribution in [0.3, 0.4) is 0 Å². The van der Waals surface area contributed by atoms with E-state index in [0.717, 1.165) is 73.9 Å². The maximum absolute atomic E-state index is 13.1. The molecular weight excluding hydrogens is 656 g/mol. The smallest absolute Gasteiger partial charge is 0.255 e. The summed E-state index contributed by atoms with van der Waals surface area (Å²) in [6, 6.07) is 29.7. The lowest BCUT2D eigenvalue weighted by Crippen LogP contribution is -2.52. The number of anilines is 1. The minimum atomic E-state index is -0.595. The van der Waals surface area contributed by atoms with Crippen molar-refractivity contribution in [1.82, 2.24) is 15.1 Å². The number of ether oxygens (including phenoxy) is 2. The highest BCUT2D eigenvalue weighted by atomic mass is 16.5. The molecule has 2 saturated heterocycles. The van der Waals surface area contributed by atoms with Gasteiger partial charge in [0.15, 0.2) is 0 Å². The summed E-state index contributed by atoms with van der Waals surface area (Å²) >= 11 is 0. The van der Waals surface area contributed by atoms with Crippen molar-refractivity contribution in [3.8, 4) is 17.2 Å². The second-order valence-electron chi connectivity index (χ2n) is 14.2. The summed E-state index contributed by atoms with van der Waals surface area (Å²) in [6.45, 7) is 6.39. The first kappa shape index (κ1) is 33.8. The van der Waals surface area contributed by atoms with Gasteiger partial charge in [0.05, 0.1) is 13.2 Å². The van der Waals surface area contributed by atoms with E-state index < -0.39 is 6.04 Å². The number of imide groups is 1. The van der Waals surface area contributed by atoms with E-state index in [1.807, 2.05) is 24.3 Å². The Balaban J connectivity index is 0.797. The third kappa shape index (κ3) is 6.95. The highest BCUT2D eigenvalue weighted by Crippen LogP contribution is 2.47. The number of fused-ring (bicyclic) bond motifs is 2. The fraction of sp³-hybridized carbons (Fsp3) is 0.357. The van der Waals surface area contributed by atoms with E-state index in [2.05, 4.69) is 69.7 Å². The Labute approximate surface area is 303 Å². The van der Waals surface area contributed by atoms with Gasteiger partial charge < -0.3 is 24.4 Å². The largest absolute Gasteiger partial charge is 0.508 e. The van der Waals surface area contributed by atoms with Crippen LogP contribution in [0.15, 0.2) is 91.0 Å². The molecule has 0 aliphatic carbocycles. The van der Waals surface area contributed by atoms with Crippen LogP contribution in [0.1, 0.15) is 70.1 Å². The summed E-state index contributed by atoms with van der Waals surface area (Å²) in [6.07, 6.45) is 2.65. The summed E-state index contributed by atoms with van der Waals surface area (Å²) < 4.78 is 12.3. The van der Waals surface area contributed by atoms with Crippen LogP contribution in [0.25, 0.3) is 0 Å². The van der Waals surface area contributed by atoms with Crippen molar-refractivity contribution >= 4 is 23.4 Å². The fourth-order valence-electron chi connectivity index (χ4n) is 8.18. The highest BCUT2D eigenvalue weighted by molar-refractivity contribution is 6.05. The van der Waals surface area contributed by atoms with E-state index in [1.54, 1.807) is 17.0 Å². The van der Waals surface area contributed by atoms with Gasteiger partial charge in [0.25, 0.3) is 5.91 Å². The standard InChI is InChI=1S/C42H44N4O6/c47-32-11-15-35-38(25-32)52-27-36(28-6-2-1-3-7-28)40(35)29-8-12-33(13-9-29)51-23-5-4-18-44-19-21-45(22-20-44)31-10-14-34-30(24-31)26-46(42(34)50)37-16-17-39(48)43-41(37)49/h1-3,6-15,24-25,36-37,40,47H,4-5,16-23,26-27H2,(H,43,48,49)/t36?,37?,40-/m1/s1. The Bertz CT molecular complexity index is 1940.